The van der Waals surface area contributed by atoms with Crippen LogP contribution < -0.4 is 0 Å². The number of ketones is 1. The van der Waals surface area contributed by atoms with Crippen LogP contribution in [0.5, 0.6) is 0 Å². The van der Waals surface area contributed by atoms with Crippen LogP contribution in [0.2, 0.25) is 5.02 Å². The summed E-state index contributed by atoms with van der Waals surface area (Å²) in [5, 5.41) is 4.78. The number of aromatic nitrogens is 1. The largest absolute Gasteiger partial charge is 0.314 e. The smallest absolute Gasteiger partial charge is 0.161 e. The van der Waals surface area contributed by atoms with Gasteiger partial charge in [-0.05, 0) is 78.8 Å². The second-order valence-corrected chi connectivity index (χ2v) is 6.58. The molecule has 0 bridgehead atoms. The molecule has 0 saturated heterocycles. The molecule has 116 valence electrons. The van der Waals surface area contributed by atoms with Gasteiger partial charge in [0.05, 0.1) is 0 Å². The lowest BCUT2D eigenvalue weighted by Crippen LogP contribution is -2.01. The maximum Gasteiger partial charge on any atom is 0.161 e. The molecule has 1 aliphatic heterocycles. The average Bonchev–Trinajstić information content (AvgIpc) is 2.86. The van der Waals surface area contributed by atoms with E-state index in [1.165, 1.54) is 0 Å². The summed E-state index contributed by atoms with van der Waals surface area (Å²) in [5.41, 5.74) is 4.75. The number of rotatable bonds is 3. The van der Waals surface area contributed by atoms with E-state index in [2.05, 4.69) is 22.8 Å². The average molecular weight is 342 g/mol. The van der Waals surface area contributed by atoms with Crippen LogP contribution >= 0.6 is 23.4 Å². The van der Waals surface area contributed by atoms with Crippen LogP contribution in [0.4, 0.5) is 0 Å². The van der Waals surface area contributed by atoms with E-state index in [1.807, 2.05) is 48.1 Å². The van der Waals surface area contributed by atoms with E-state index < -0.39 is 0 Å². The van der Waals surface area contributed by atoms with E-state index in [1.54, 1.807) is 18.7 Å². The molecule has 0 saturated carbocycles. The first-order chi connectivity index (χ1) is 11.1. The van der Waals surface area contributed by atoms with Gasteiger partial charge in [-0.25, -0.2) is 0 Å². The zero-order valence-electron chi connectivity index (χ0n) is 12.9. The SMILES string of the molecule is CC(=O)c1cc(C=C2C=CSC=C2)n(-c2ccc(Cl)cc2)c1C. The Labute approximate surface area is 145 Å². The summed E-state index contributed by atoms with van der Waals surface area (Å²) in [6.07, 6.45) is 6.21. The van der Waals surface area contributed by atoms with Crippen molar-refractivity contribution >= 4 is 35.2 Å². The number of thioether (sulfide) groups is 1. The van der Waals surface area contributed by atoms with Crippen molar-refractivity contribution in [2.45, 2.75) is 13.8 Å². The third-order valence-electron chi connectivity index (χ3n) is 3.73. The van der Waals surface area contributed by atoms with Gasteiger partial charge in [0, 0.05) is 27.7 Å². The number of hydrogen-bond acceptors (Lipinski definition) is 2. The first-order valence-corrected chi connectivity index (χ1v) is 8.58. The number of nitrogens with zero attached hydrogens (tertiary/aromatic N) is 1. The highest BCUT2D eigenvalue weighted by atomic mass is 35.5. The summed E-state index contributed by atoms with van der Waals surface area (Å²) in [4.78, 5) is 11.9. The third kappa shape index (κ3) is 3.36. The van der Waals surface area contributed by atoms with Crippen LogP contribution in [-0.4, -0.2) is 10.4 Å². The highest BCUT2D eigenvalue weighted by molar-refractivity contribution is 8.04. The van der Waals surface area contributed by atoms with Gasteiger partial charge in [0.15, 0.2) is 5.78 Å². The fraction of sp³-hybridized carbons (Fsp3) is 0.105. The van der Waals surface area contributed by atoms with E-state index in [-0.39, 0.29) is 5.78 Å². The van der Waals surface area contributed by atoms with Crippen LogP contribution in [0.25, 0.3) is 11.8 Å². The number of benzene rings is 1. The monoisotopic (exact) mass is 341 g/mol. The van der Waals surface area contributed by atoms with Crippen molar-refractivity contribution in [1.29, 1.82) is 0 Å². The van der Waals surface area contributed by atoms with Gasteiger partial charge in [0.25, 0.3) is 0 Å². The predicted molar refractivity (Wildman–Crippen MR) is 99.4 cm³/mol. The Kier molecular flexibility index (Phi) is 4.60. The van der Waals surface area contributed by atoms with Crippen LogP contribution in [-0.2, 0) is 0 Å². The first-order valence-electron chi connectivity index (χ1n) is 7.26. The molecule has 0 atom stereocenters. The molecule has 0 N–H and O–H groups in total. The number of Topliss-reactive ketones (excluding diaryl/α,β-unsaturated/α-hetero) is 1. The molecule has 3 rings (SSSR count). The van der Waals surface area contributed by atoms with E-state index >= 15 is 0 Å². The summed E-state index contributed by atoms with van der Waals surface area (Å²) in [7, 11) is 0. The van der Waals surface area contributed by atoms with Crippen molar-refractivity contribution in [1.82, 2.24) is 4.57 Å². The second-order valence-electron chi connectivity index (χ2n) is 5.32. The van der Waals surface area contributed by atoms with E-state index in [9.17, 15) is 4.79 Å². The van der Waals surface area contributed by atoms with Crippen LogP contribution in [0.1, 0.15) is 28.7 Å². The van der Waals surface area contributed by atoms with Crippen LogP contribution in [0.3, 0.4) is 0 Å². The maximum absolute atomic E-state index is 11.9. The van der Waals surface area contributed by atoms with Crippen LogP contribution in [0, 0.1) is 6.92 Å². The van der Waals surface area contributed by atoms with Gasteiger partial charge < -0.3 is 4.57 Å². The first kappa shape index (κ1) is 15.9. The highest BCUT2D eigenvalue weighted by Crippen LogP contribution is 2.26. The summed E-state index contributed by atoms with van der Waals surface area (Å²) in [5.74, 6) is 0.0696. The molecule has 4 heteroatoms. The summed E-state index contributed by atoms with van der Waals surface area (Å²) in [6, 6.07) is 9.59. The molecule has 1 aromatic carbocycles. The Hall–Kier alpha value is -1.97. The fourth-order valence-electron chi connectivity index (χ4n) is 2.63. The molecule has 0 unspecified atom stereocenters. The minimum Gasteiger partial charge on any atom is -0.314 e. The molecule has 2 aromatic rings. The predicted octanol–water partition coefficient (Wildman–Crippen LogP) is 5.80. The van der Waals surface area contributed by atoms with E-state index in [0.717, 1.165) is 28.2 Å². The lowest BCUT2D eigenvalue weighted by atomic mass is 10.1. The molecule has 0 radical (unpaired) electrons. The molecular weight excluding hydrogens is 326 g/mol. The lowest BCUT2D eigenvalue weighted by molar-refractivity contribution is 0.101. The van der Waals surface area contributed by atoms with Gasteiger partial charge in [-0.15, -0.1) is 11.8 Å². The summed E-state index contributed by atoms with van der Waals surface area (Å²) in [6.45, 7) is 3.57. The van der Waals surface area contributed by atoms with Crippen LogP contribution in [0.15, 0.2) is 58.9 Å². The Balaban J connectivity index is 2.18. The maximum atomic E-state index is 11.9. The molecule has 0 spiro atoms. The third-order valence-corrected chi connectivity index (χ3v) is 4.57. The van der Waals surface area contributed by atoms with Gasteiger partial charge in [0.1, 0.15) is 0 Å². The van der Waals surface area contributed by atoms with Crippen molar-refractivity contribution < 1.29 is 4.79 Å². The van der Waals surface area contributed by atoms with Gasteiger partial charge in [-0.3, -0.25) is 4.79 Å². The number of carbonyl (C=O) groups is 1. The zero-order valence-corrected chi connectivity index (χ0v) is 14.5. The standard InChI is InChI=1S/C19H16ClNOS/c1-13-19(14(2)22)12-18(11-15-7-9-23-10-8-15)21(13)17-5-3-16(20)4-6-17/h3-12H,1-2H3. The fourth-order valence-corrected chi connectivity index (χ4v) is 3.32. The molecule has 2 heterocycles. The highest BCUT2D eigenvalue weighted by Gasteiger charge is 2.15. The molecule has 0 amide bonds. The minimum absolute atomic E-state index is 0.0696. The van der Waals surface area contributed by atoms with Crippen molar-refractivity contribution in [3.05, 3.63) is 80.8 Å². The Morgan fingerprint density at radius 1 is 1.17 bits per heavy atom. The molecular formula is C19H16ClNOS. The van der Waals surface area contributed by atoms with Crippen molar-refractivity contribution in [2.75, 3.05) is 0 Å². The van der Waals surface area contributed by atoms with Gasteiger partial charge in [-0.2, -0.15) is 0 Å². The molecule has 1 aliphatic rings. The number of hydrogen-bond donors (Lipinski definition) is 0. The van der Waals surface area contributed by atoms with Gasteiger partial charge in [0.2, 0.25) is 0 Å². The molecule has 1 aromatic heterocycles. The van der Waals surface area contributed by atoms with Crippen molar-refractivity contribution in [3.63, 3.8) is 0 Å². The summed E-state index contributed by atoms with van der Waals surface area (Å²) >= 11 is 7.64. The molecule has 2 nitrogen and oxygen atoms in total. The van der Waals surface area contributed by atoms with Crippen molar-refractivity contribution in [3.8, 4) is 5.69 Å². The van der Waals surface area contributed by atoms with Crippen molar-refractivity contribution in [2.24, 2.45) is 0 Å². The molecule has 0 aliphatic carbocycles. The molecule has 23 heavy (non-hydrogen) atoms. The van der Waals surface area contributed by atoms with Gasteiger partial charge in [-0.1, -0.05) is 11.6 Å². The Bertz CT molecular complexity index is 827. The number of allylic oxidation sites excluding steroid dienone is 3. The van der Waals surface area contributed by atoms with E-state index in [0.29, 0.717) is 5.02 Å². The Morgan fingerprint density at radius 3 is 2.43 bits per heavy atom. The van der Waals surface area contributed by atoms with E-state index in [4.69, 9.17) is 11.6 Å². The zero-order chi connectivity index (χ0) is 16.4. The number of halogens is 1. The normalized spacial score (nSPS) is 13.4. The quantitative estimate of drug-likeness (QED) is 0.658. The molecule has 0 fully saturated rings. The Morgan fingerprint density at radius 2 is 1.83 bits per heavy atom. The number of carbonyl (C=O) groups excluding carboxylic acids is 1. The second kappa shape index (κ2) is 6.65. The summed E-state index contributed by atoms with van der Waals surface area (Å²) < 4.78 is 2.09. The van der Waals surface area contributed by atoms with Gasteiger partial charge >= 0.3 is 0 Å². The lowest BCUT2D eigenvalue weighted by Gasteiger charge is -2.11. The minimum atomic E-state index is 0.0696. The topological polar surface area (TPSA) is 22.0 Å².